The third-order valence-electron chi connectivity index (χ3n) is 4.42. The average Bonchev–Trinajstić information content (AvgIpc) is 2.74. The lowest BCUT2D eigenvalue weighted by Gasteiger charge is -2.19. The molecule has 0 bridgehead atoms. The van der Waals surface area contributed by atoms with Crippen LogP contribution in [0.3, 0.4) is 0 Å². The molecule has 0 aliphatic heterocycles. The number of carbonyl (C=O) groups is 2. The van der Waals surface area contributed by atoms with E-state index in [0.717, 1.165) is 11.1 Å². The minimum atomic E-state index is -1.18. The summed E-state index contributed by atoms with van der Waals surface area (Å²) in [4.78, 5) is 25.3. The monoisotopic (exact) mass is 407 g/mol. The highest BCUT2D eigenvalue weighted by Gasteiger charge is 2.26. The number of rotatable bonds is 7. The number of carbonyl (C=O) groups excluding carboxylic acids is 2. The van der Waals surface area contributed by atoms with Crippen LogP contribution < -0.4 is 10.1 Å². The Bertz CT molecular complexity index is 1040. The zero-order valence-corrected chi connectivity index (χ0v) is 16.7. The standard InChI is InChI=1S/C24H22FNO4/c1-16-12-13-17(2)20(14-16)26-24(28)23(18-8-4-3-5-9-18)30-22(27)15-29-21-11-7-6-10-19(21)25/h3-14,23H,15H2,1-2H3,(H,26,28)/t23-/m1/s1. The molecule has 0 aromatic heterocycles. The summed E-state index contributed by atoms with van der Waals surface area (Å²) in [5.74, 6) is -1.93. The van der Waals surface area contributed by atoms with Crippen molar-refractivity contribution >= 4 is 17.6 Å². The van der Waals surface area contributed by atoms with Gasteiger partial charge in [0.25, 0.3) is 5.91 Å². The van der Waals surface area contributed by atoms with Gasteiger partial charge in [-0.05, 0) is 43.2 Å². The van der Waals surface area contributed by atoms with Crippen molar-refractivity contribution in [2.24, 2.45) is 0 Å². The molecule has 0 saturated heterocycles. The van der Waals surface area contributed by atoms with Gasteiger partial charge in [0.15, 0.2) is 18.2 Å². The third-order valence-corrected chi connectivity index (χ3v) is 4.42. The number of esters is 1. The number of hydrogen-bond donors (Lipinski definition) is 1. The van der Waals surface area contributed by atoms with Crippen molar-refractivity contribution < 1.29 is 23.5 Å². The van der Waals surface area contributed by atoms with Crippen LogP contribution in [0.5, 0.6) is 5.75 Å². The molecule has 1 N–H and O–H groups in total. The Hall–Kier alpha value is -3.67. The predicted molar refractivity (Wildman–Crippen MR) is 112 cm³/mol. The van der Waals surface area contributed by atoms with E-state index in [1.807, 2.05) is 32.0 Å². The first-order chi connectivity index (χ1) is 14.4. The third kappa shape index (κ3) is 5.44. The Labute approximate surface area is 174 Å². The second-order valence-corrected chi connectivity index (χ2v) is 6.81. The summed E-state index contributed by atoms with van der Waals surface area (Å²) in [6.07, 6.45) is -1.18. The molecule has 30 heavy (non-hydrogen) atoms. The first-order valence-corrected chi connectivity index (χ1v) is 9.44. The average molecular weight is 407 g/mol. The highest BCUT2D eigenvalue weighted by Crippen LogP contribution is 2.23. The Morgan fingerprint density at radius 2 is 1.67 bits per heavy atom. The first kappa shape index (κ1) is 21.0. The molecule has 154 valence electrons. The van der Waals surface area contributed by atoms with E-state index in [1.54, 1.807) is 36.4 Å². The molecule has 3 rings (SSSR count). The van der Waals surface area contributed by atoms with Crippen molar-refractivity contribution in [1.82, 2.24) is 0 Å². The molecule has 0 radical (unpaired) electrons. The van der Waals surface area contributed by atoms with E-state index in [9.17, 15) is 14.0 Å². The zero-order chi connectivity index (χ0) is 21.5. The summed E-state index contributed by atoms with van der Waals surface area (Å²) in [7, 11) is 0. The lowest BCUT2D eigenvalue weighted by atomic mass is 10.1. The molecule has 0 aliphatic carbocycles. The van der Waals surface area contributed by atoms with Crippen molar-refractivity contribution in [2.75, 3.05) is 11.9 Å². The molecular formula is C24H22FNO4. The number of aryl methyl sites for hydroxylation is 2. The molecule has 0 aliphatic rings. The molecule has 0 heterocycles. The summed E-state index contributed by atoms with van der Waals surface area (Å²) in [5, 5.41) is 2.82. The van der Waals surface area contributed by atoms with Gasteiger partial charge in [-0.2, -0.15) is 0 Å². The van der Waals surface area contributed by atoms with Gasteiger partial charge in [-0.3, -0.25) is 4.79 Å². The second kappa shape index (κ2) is 9.69. The van der Waals surface area contributed by atoms with Crippen LogP contribution in [0.15, 0.2) is 72.8 Å². The summed E-state index contributed by atoms with van der Waals surface area (Å²) >= 11 is 0. The van der Waals surface area contributed by atoms with Crippen molar-refractivity contribution in [2.45, 2.75) is 20.0 Å². The van der Waals surface area contributed by atoms with E-state index in [1.165, 1.54) is 18.2 Å². The number of hydrogen-bond acceptors (Lipinski definition) is 4. The highest BCUT2D eigenvalue weighted by molar-refractivity contribution is 5.96. The van der Waals surface area contributed by atoms with Crippen LogP contribution >= 0.6 is 0 Å². The van der Waals surface area contributed by atoms with E-state index in [2.05, 4.69) is 5.32 Å². The van der Waals surface area contributed by atoms with Gasteiger partial charge in [0.1, 0.15) is 0 Å². The van der Waals surface area contributed by atoms with Crippen LogP contribution in [-0.4, -0.2) is 18.5 Å². The molecule has 6 heteroatoms. The van der Waals surface area contributed by atoms with Crippen LogP contribution in [0.4, 0.5) is 10.1 Å². The number of nitrogens with one attached hydrogen (secondary N) is 1. The van der Waals surface area contributed by atoms with Gasteiger partial charge in [0.2, 0.25) is 6.10 Å². The Morgan fingerprint density at radius 3 is 2.40 bits per heavy atom. The normalized spacial score (nSPS) is 11.4. The van der Waals surface area contributed by atoms with Crippen molar-refractivity contribution in [3.05, 3.63) is 95.3 Å². The van der Waals surface area contributed by atoms with Crippen molar-refractivity contribution in [3.8, 4) is 5.75 Å². The molecule has 3 aromatic rings. The van der Waals surface area contributed by atoms with Gasteiger partial charge in [-0.25, -0.2) is 9.18 Å². The topological polar surface area (TPSA) is 64.6 Å². The number of halogens is 1. The smallest absolute Gasteiger partial charge is 0.345 e. The molecule has 0 fully saturated rings. The molecule has 1 amide bonds. The van der Waals surface area contributed by atoms with Gasteiger partial charge in [-0.15, -0.1) is 0 Å². The Kier molecular flexibility index (Phi) is 6.80. The van der Waals surface area contributed by atoms with E-state index in [0.29, 0.717) is 11.3 Å². The summed E-state index contributed by atoms with van der Waals surface area (Å²) in [6, 6.07) is 20.1. The lowest BCUT2D eigenvalue weighted by molar-refractivity contribution is -0.156. The van der Waals surface area contributed by atoms with E-state index in [-0.39, 0.29) is 5.75 Å². The SMILES string of the molecule is Cc1ccc(C)c(NC(=O)[C@H](OC(=O)COc2ccccc2F)c2ccccc2)c1. The van der Waals surface area contributed by atoms with Crippen LogP contribution in [0, 0.1) is 19.7 Å². The van der Waals surface area contributed by atoms with Gasteiger partial charge < -0.3 is 14.8 Å². The minimum Gasteiger partial charge on any atom is -0.479 e. The van der Waals surface area contributed by atoms with Crippen LogP contribution in [-0.2, 0) is 14.3 Å². The summed E-state index contributed by atoms with van der Waals surface area (Å²) in [6.45, 7) is 3.27. The fraction of sp³-hybridized carbons (Fsp3) is 0.167. The molecule has 1 atom stereocenters. The summed E-state index contributed by atoms with van der Waals surface area (Å²) < 4.78 is 24.3. The van der Waals surface area contributed by atoms with Gasteiger partial charge in [0, 0.05) is 11.3 Å². The molecule has 5 nitrogen and oxygen atoms in total. The van der Waals surface area contributed by atoms with Crippen molar-refractivity contribution in [1.29, 1.82) is 0 Å². The minimum absolute atomic E-state index is 0.0643. The molecular weight excluding hydrogens is 385 g/mol. The molecule has 0 spiro atoms. The second-order valence-electron chi connectivity index (χ2n) is 6.81. The maximum absolute atomic E-state index is 13.7. The van der Waals surface area contributed by atoms with Gasteiger partial charge in [0.05, 0.1) is 0 Å². The van der Waals surface area contributed by atoms with Crippen molar-refractivity contribution in [3.63, 3.8) is 0 Å². The quantitative estimate of drug-likeness (QED) is 0.575. The lowest BCUT2D eigenvalue weighted by Crippen LogP contribution is -2.28. The number of para-hydroxylation sites is 1. The summed E-state index contributed by atoms with van der Waals surface area (Å²) in [5.41, 5.74) is 3.02. The maximum atomic E-state index is 13.7. The fourth-order valence-electron chi connectivity index (χ4n) is 2.83. The Balaban J connectivity index is 1.74. The first-order valence-electron chi connectivity index (χ1n) is 9.44. The molecule has 3 aromatic carbocycles. The molecule has 0 saturated carbocycles. The fourth-order valence-corrected chi connectivity index (χ4v) is 2.83. The molecule has 0 unspecified atom stereocenters. The van der Waals surface area contributed by atoms with E-state index >= 15 is 0 Å². The van der Waals surface area contributed by atoms with Crippen LogP contribution in [0.1, 0.15) is 22.8 Å². The largest absolute Gasteiger partial charge is 0.479 e. The van der Waals surface area contributed by atoms with Crippen LogP contribution in [0.2, 0.25) is 0 Å². The van der Waals surface area contributed by atoms with E-state index < -0.39 is 30.4 Å². The number of benzene rings is 3. The highest BCUT2D eigenvalue weighted by atomic mass is 19.1. The number of amides is 1. The Morgan fingerprint density at radius 1 is 0.967 bits per heavy atom. The van der Waals surface area contributed by atoms with Gasteiger partial charge >= 0.3 is 5.97 Å². The van der Waals surface area contributed by atoms with E-state index in [4.69, 9.17) is 9.47 Å². The maximum Gasteiger partial charge on any atom is 0.345 e. The zero-order valence-electron chi connectivity index (χ0n) is 16.7. The number of anilines is 1. The van der Waals surface area contributed by atoms with Crippen LogP contribution in [0.25, 0.3) is 0 Å². The van der Waals surface area contributed by atoms with Gasteiger partial charge in [-0.1, -0.05) is 54.6 Å². The predicted octanol–water partition coefficient (Wildman–Crippen LogP) is 4.74. The number of ether oxygens (including phenoxy) is 2.